The Hall–Kier alpha value is -0.580. The van der Waals surface area contributed by atoms with Crippen molar-refractivity contribution in [1.82, 2.24) is 20.5 Å². The molecule has 3 rings (SSSR count). The first-order chi connectivity index (χ1) is 12.7. The number of thioether (sulfide) groups is 1. The molecule has 1 aromatic rings. The van der Waals surface area contributed by atoms with Gasteiger partial charge in [-0.3, -0.25) is 14.9 Å². The summed E-state index contributed by atoms with van der Waals surface area (Å²) in [7, 11) is 0. The number of aromatic nitrogens is 1. The van der Waals surface area contributed by atoms with E-state index in [0.717, 1.165) is 68.6 Å². The van der Waals surface area contributed by atoms with Gasteiger partial charge in [0, 0.05) is 44.2 Å². The van der Waals surface area contributed by atoms with Crippen LogP contribution in [0.15, 0.2) is 29.4 Å². The molecule has 1 atom stereocenters. The Morgan fingerprint density at radius 1 is 1.41 bits per heavy atom. The first-order valence-electron chi connectivity index (χ1n) is 9.64. The van der Waals surface area contributed by atoms with E-state index < -0.39 is 5.60 Å². The molecule has 2 fully saturated rings. The third-order valence-corrected chi connectivity index (χ3v) is 6.23. The number of hydrogen-bond donors (Lipinski definition) is 3. The van der Waals surface area contributed by atoms with Crippen molar-refractivity contribution in [3.05, 3.63) is 30.1 Å². The van der Waals surface area contributed by atoms with Gasteiger partial charge in [-0.15, -0.1) is 24.0 Å². The molecule has 8 heteroatoms. The Bertz CT molecular complexity index is 575. The lowest BCUT2D eigenvalue weighted by atomic mass is 10.0. The van der Waals surface area contributed by atoms with Crippen molar-refractivity contribution in [2.45, 2.75) is 44.4 Å². The SMILES string of the molecule is CCNC(=NCC1(O)CCSC1)NC1CCN(Cc2ccccn2)CC1.I. The lowest BCUT2D eigenvalue weighted by molar-refractivity contribution is 0.0778. The van der Waals surface area contributed by atoms with Gasteiger partial charge >= 0.3 is 0 Å². The molecule has 27 heavy (non-hydrogen) atoms. The van der Waals surface area contributed by atoms with Crippen LogP contribution in [0.4, 0.5) is 0 Å². The van der Waals surface area contributed by atoms with Crippen molar-refractivity contribution >= 4 is 41.7 Å². The zero-order valence-corrected chi connectivity index (χ0v) is 19.2. The molecule has 1 aromatic heterocycles. The standard InChI is InChI=1S/C19H31N5OS.HI/c1-2-20-18(22-14-19(25)8-12-26-15-19)23-16-6-10-24(11-7-16)13-17-5-3-4-9-21-17;/h3-5,9,16,25H,2,6-8,10-15H2,1H3,(H2,20,22,23);1H. The number of guanidine groups is 1. The number of hydrogen-bond acceptors (Lipinski definition) is 5. The van der Waals surface area contributed by atoms with Crippen molar-refractivity contribution < 1.29 is 5.11 Å². The summed E-state index contributed by atoms with van der Waals surface area (Å²) in [6.07, 6.45) is 4.89. The van der Waals surface area contributed by atoms with Crippen molar-refractivity contribution in [2.24, 2.45) is 4.99 Å². The van der Waals surface area contributed by atoms with E-state index in [4.69, 9.17) is 0 Å². The van der Waals surface area contributed by atoms with Gasteiger partial charge in [-0.05, 0) is 44.1 Å². The fourth-order valence-electron chi connectivity index (χ4n) is 3.42. The van der Waals surface area contributed by atoms with Crippen LogP contribution < -0.4 is 10.6 Å². The molecule has 0 bridgehead atoms. The molecule has 0 spiro atoms. The van der Waals surface area contributed by atoms with Crippen LogP contribution >= 0.6 is 35.7 Å². The molecule has 0 amide bonds. The Morgan fingerprint density at radius 2 is 2.22 bits per heavy atom. The number of halogens is 1. The van der Waals surface area contributed by atoms with Gasteiger partial charge in [-0.2, -0.15) is 11.8 Å². The van der Waals surface area contributed by atoms with E-state index >= 15 is 0 Å². The van der Waals surface area contributed by atoms with E-state index in [1.54, 1.807) is 0 Å². The Morgan fingerprint density at radius 3 is 2.85 bits per heavy atom. The smallest absolute Gasteiger partial charge is 0.191 e. The highest BCUT2D eigenvalue weighted by Crippen LogP contribution is 2.27. The molecule has 2 aliphatic rings. The average Bonchev–Trinajstić information content (AvgIpc) is 3.09. The zero-order chi connectivity index (χ0) is 18.2. The van der Waals surface area contributed by atoms with E-state index in [1.807, 2.05) is 30.1 Å². The first-order valence-corrected chi connectivity index (χ1v) is 10.8. The normalized spacial score (nSPS) is 24.4. The topological polar surface area (TPSA) is 72.8 Å². The van der Waals surface area contributed by atoms with Crippen LogP contribution in [0.3, 0.4) is 0 Å². The number of rotatable bonds is 6. The molecule has 152 valence electrons. The van der Waals surface area contributed by atoms with Crippen molar-refractivity contribution in [3.63, 3.8) is 0 Å². The van der Waals surface area contributed by atoms with Crippen LogP contribution in [0.5, 0.6) is 0 Å². The molecule has 0 aliphatic carbocycles. The second kappa shape index (κ2) is 11.4. The largest absolute Gasteiger partial charge is 0.387 e. The maximum atomic E-state index is 10.5. The highest BCUT2D eigenvalue weighted by atomic mass is 127. The molecular formula is C19H32IN5OS. The Labute approximate surface area is 184 Å². The van der Waals surface area contributed by atoms with E-state index in [9.17, 15) is 5.11 Å². The fourth-order valence-corrected chi connectivity index (χ4v) is 4.70. The molecule has 2 saturated heterocycles. The number of nitrogens with zero attached hydrogens (tertiary/aromatic N) is 3. The lowest BCUT2D eigenvalue weighted by Gasteiger charge is -2.33. The minimum absolute atomic E-state index is 0. The van der Waals surface area contributed by atoms with Gasteiger partial charge in [0.1, 0.15) is 0 Å². The number of nitrogens with one attached hydrogen (secondary N) is 2. The van der Waals surface area contributed by atoms with E-state index in [1.165, 1.54) is 0 Å². The van der Waals surface area contributed by atoms with Gasteiger partial charge < -0.3 is 15.7 Å². The van der Waals surface area contributed by atoms with Gasteiger partial charge in [0.05, 0.1) is 17.8 Å². The van der Waals surface area contributed by atoms with Crippen LogP contribution in [-0.4, -0.2) is 70.3 Å². The van der Waals surface area contributed by atoms with Crippen molar-refractivity contribution in [3.8, 4) is 0 Å². The summed E-state index contributed by atoms with van der Waals surface area (Å²) in [6.45, 7) is 6.44. The number of aliphatic hydroxyl groups is 1. The quantitative estimate of drug-likeness (QED) is 0.313. The van der Waals surface area contributed by atoms with Gasteiger partial charge in [0.25, 0.3) is 0 Å². The van der Waals surface area contributed by atoms with Crippen LogP contribution in [0.25, 0.3) is 0 Å². The third-order valence-electron chi connectivity index (χ3n) is 5.00. The summed E-state index contributed by atoms with van der Waals surface area (Å²) >= 11 is 1.81. The van der Waals surface area contributed by atoms with Gasteiger partial charge in [-0.25, -0.2) is 0 Å². The molecule has 0 aromatic carbocycles. The van der Waals surface area contributed by atoms with Gasteiger partial charge in [0.2, 0.25) is 0 Å². The number of aliphatic imine (C=N–C) groups is 1. The van der Waals surface area contributed by atoms with Crippen LogP contribution in [-0.2, 0) is 6.54 Å². The van der Waals surface area contributed by atoms with Crippen LogP contribution in [0, 0.1) is 0 Å². The maximum absolute atomic E-state index is 10.5. The summed E-state index contributed by atoms with van der Waals surface area (Å²) in [6, 6.07) is 6.53. The highest BCUT2D eigenvalue weighted by Gasteiger charge is 2.31. The Balaban J connectivity index is 0.00000261. The zero-order valence-electron chi connectivity index (χ0n) is 16.1. The van der Waals surface area contributed by atoms with E-state index in [0.29, 0.717) is 12.6 Å². The minimum atomic E-state index is -0.626. The monoisotopic (exact) mass is 505 g/mol. The lowest BCUT2D eigenvalue weighted by Crippen LogP contribution is -2.49. The number of piperidine rings is 1. The minimum Gasteiger partial charge on any atom is -0.387 e. The Kier molecular flexibility index (Phi) is 9.61. The van der Waals surface area contributed by atoms with E-state index in [2.05, 4.69) is 38.5 Å². The second-order valence-electron chi connectivity index (χ2n) is 7.24. The summed E-state index contributed by atoms with van der Waals surface area (Å²) in [5.41, 5.74) is 0.510. The maximum Gasteiger partial charge on any atom is 0.191 e. The van der Waals surface area contributed by atoms with Gasteiger partial charge in [-0.1, -0.05) is 6.07 Å². The second-order valence-corrected chi connectivity index (χ2v) is 8.34. The first kappa shape index (κ1) is 22.7. The number of pyridine rings is 1. The molecule has 0 saturated carbocycles. The highest BCUT2D eigenvalue weighted by molar-refractivity contribution is 14.0. The molecule has 2 aliphatic heterocycles. The molecule has 3 N–H and O–H groups in total. The summed E-state index contributed by atoms with van der Waals surface area (Å²) in [5.74, 6) is 2.66. The molecular weight excluding hydrogens is 473 g/mol. The van der Waals surface area contributed by atoms with Crippen molar-refractivity contribution in [1.29, 1.82) is 0 Å². The van der Waals surface area contributed by atoms with Crippen LogP contribution in [0.1, 0.15) is 31.9 Å². The third kappa shape index (κ3) is 7.40. The van der Waals surface area contributed by atoms with E-state index in [-0.39, 0.29) is 24.0 Å². The summed E-state index contributed by atoms with van der Waals surface area (Å²) in [4.78, 5) is 11.5. The van der Waals surface area contributed by atoms with Crippen molar-refractivity contribution in [2.75, 3.05) is 37.7 Å². The number of likely N-dealkylation sites (tertiary alicyclic amines) is 1. The predicted octanol–water partition coefficient (Wildman–Crippen LogP) is 2.09. The van der Waals surface area contributed by atoms with Crippen LogP contribution in [0.2, 0.25) is 0 Å². The molecule has 6 nitrogen and oxygen atoms in total. The molecule has 3 heterocycles. The van der Waals surface area contributed by atoms with Gasteiger partial charge in [0.15, 0.2) is 5.96 Å². The fraction of sp³-hybridized carbons (Fsp3) is 0.684. The molecule has 1 unspecified atom stereocenters. The summed E-state index contributed by atoms with van der Waals surface area (Å²) < 4.78 is 0. The average molecular weight is 505 g/mol. The predicted molar refractivity (Wildman–Crippen MR) is 124 cm³/mol. The summed E-state index contributed by atoms with van der Waals surface area (Å²) in [5, 5.41) is 17.4. The molecule has 0 radical (unpaired) electrons.